The number of ether oxygens (including phenoxy) is 2. The minimum absolute atomic E-state index is 0.192. The predicted molar refractivity (Wildman–Crippen MR) is 80.5 cm³/mol. The highest BCUT2D eigenvalue weighted by atomic mass is 19.1. The van der Waals surface area contributed by atoms with Crippen molar-refractivity contribution < 1.29 is 13.9 Å². The molecule has 1 aliphatic heterocycles. The number of anilines is 1. The Balaban J connectivity index is 1.73. The second-order valence-electron chi connectivity index (χ2n) is 5.16. The Morgan fingerprint density at radius 1 is 1.05 bits per heavy atom. The van der Waals surface area contributed by atoms with Crippen LogP contribution in [0.3, 0.4) is 0 Å². The zero-order valence-electron chi connectivity index (χ0n) is 12.0. The van der Waals surface area contributed by atoms with E-state index in [1.165, 1.54) is 6.07 Å². The van der Waals surface area contributed by atoms with Crippen molar-refractivity contribution in [3.63, 3.8) is 0 Å². The molecular weight excluding hydrogens is 269 g/mol. The Kier molecular flexibility index (Phi) is 3.95. The number of hydrogen-bond donors (Lipinski definition) is 1. The first kappa shape index (κ1) is 13.7. The molecule has 2 aromatic carbocycles. The summed E-state index contributed by atoms with van der Waals surface area (Å²) in [6, 6.07) is 10.8. The van der Waals surface area contributed by atoms with Gasteiger partial charge in [0.1, 0.15) is 5.82 Å². The number of hydrogen-bond acceptors (Lipinski definition) is 3. The van der Waals surface area contributed by atoms with Crippen LogP contribution in [0.4, 0.5) is 10.1 Å². The van der Waals surface area contributed by atoms with Crippen LogP contribution in [0, 0.1) is 12.7 Å². The molecule has 21 heavy (non-hydrogen) atoms. The van der Waals surface area contributed by atoms with Gasteiger partial charge in [0.25, 0.3) is 0 Å². The highest BCUT2D eigenvalue weighted by Crippen LogP contribution is 2.32. The predicted octanol–water partition coefficient (Wildman–Crippen LogP) is 3.91. The first-order valence-electron chi connectivity index (χ1n) is 7.11. The van der Waals surface area contributed by atoms with E-state index in [0.29, 0.717) is 25.3 Å². The minimum atomic E-state index is -0.192. The largest absolute Gasteiger partial charge is 0.490 e. The van der Waals surface area contributed by atoms with Crippen LogP contribution in [-0.2, 0) is 6.54 Å². The molecule has 0 unspecified atom stereocenters. The van der Waals surface area contributed by atoms with E-state index in [-0.39, 0.29) is 5.82 Å². The van der Waals surface area contributed by atoms with Gasteiger partial charge in [0, 0.05) is 30.3 Å². The van der Waals surface area contributed by atoms with E-state index in [1.807, 2.05) is 31.2 Å². The molecule has 0 aliphatic carbocycles. The van der Waals surface area contributed by atoms with Crippen LogP contribution in [0.1, 0.15) is 17.5 Å². The highest BCUT2D eigenvalue weighted by molar-refractivity contribution is 5.55. The van der Waals surface area contributed by atoms with Crippen molar-refractivity contribution >= 4 is 5.69 Å². The Bertz CT molecular complexity index is 643. The Hall–Kier alpha value is -2.23. The average Bonchev–Trinajstić information content (AvgIpc) is 2.73. The number of benzene rings is 2. The van der Waals surface area contributed by atoms with E-state index in [0.717, 1.165) is 29.2 Å². The zero-order chi connectivity index (χ0) is 14.7. The lowest BCUT2D eigenvalue weighted by molar-refractivity contribution is 0.297. The summed E-state index contributed by atoms with van der Waals surface area (Å²) in [6.45, 7) is 3.72. The lowest BCUT2D eigenvalue weighted by Gasteiger charge is -2.12. The normalized spacial score (nSPS) is 13.6. The lowest BCUT2D eigenvalue weighted by Crippen LogP contribution is -2.02. The molecule has 0 amide bonds. The van der Waals surface area contributed by atoms with E-state index >= 15 is 0 Å². The molecule has 0 fully saturated rings. The quantitative estimate of drug-likeness (QED) is 0.928. The molecule has 1 aliphatic rings. The van der Waals surface area contributed by atoms with Crippen molar-refractivity contribution in [1.82, 2.24) is 0 Å². The topological polar surface area (TPSA) is 30.5 Å². The molecule has 1 heterocycles. The Morgan fingerprint density at radius 2 is 1.86 bits per heavy atom. The molecule has 110 valence electrons. The third kappa shape index (κ3) is 3.27. The molecule has 0 bridgehead atoms. The number of fused-ring (bicyclic) bond motifs is 1. The Morgan fingerprint density at radius 3 is 2.71 bits per heavy atom. The molecule has 0 atom stereocenters. The van der Waals surface area contributed by atoms with Crippen molar-refractivity contribution in [2.24, 2.45) is 0 Å². The smallest absolute Gasteiger partial charge is 0.163 e. The van der Waals surface area contributed by atoms with Crippen molar-refractivity contribution in [2.75, 3.05) is 18.5 Å². The van der Waals surface area contributed by atoms with Gasteiger partial charge in [-0.1, -0.05) is 17.7 Å². The fraction of sp³-hybridized carbons (Fsp3) is 0.294. The maximum Gasteiger partial charge on any atom is 0.163 e. The molecule has 1 N–H and O–H groups in total. The third-order valence-electron chi connectivity index (χ3n) is 3.43. The SMILES string of the molecule is Cc1ccc(F)c(CNc2ccc3c(c2)OCCCO3)c1. The second-order valence-corrected chi connectivity index (χ2v) is 5.16. The average molecular weight is 287 g/mol. The van der Waals surface area contributed by atoms with Gasteiger partial charge in [-0.05, 0) is 25.1 Å². The number of halogens is 1. The van der Waals surface area contributed by atoms with Gasteiger partial charge in [-0.15, -0.1) is 0 Å². The van der Waals surface area contributed by atoms with Crippen LogP contribution in [0.5, 0.6) is 11.5 Å². The molecule has 3 rings (SSSR count). The summed E-state index contributed by atoms with van der Waals surface area (Å²) in [5.74, 6) is 1.31. The summed E-state index contributed by atoms with van der Waals surface area (Å²) >= 11 is 0. The second kappa shape index (κ2) is 6.04. The molecule has 4 heteroatoms. The number of rotatable bonds is 3. The van der Waals surface area contributed by atoms with Gasteiger partial charge in [0.2, 0.25) is 0 Å². The molecule has 0 aromatic heterocycles. The van der Waals surface area contributed by atoms with Crippen molar-refractivity contribution in [3.05, 3.63) is 53.3 Å². The molecule has 0 radical (unpaired) electrons. The van der Waals surface area contributed by atoms with Gasteiger partial charge in [-0.2, -0.15) is 0 Å². The van der Waals surface area contributed by atoms with Crippen molar-refractivity contribution in [3.8, 4) is 11.5 Å². The van der Waals surface area contributed by atoms with Crippen LogP contribution >= 0.6 is 0 Å². The highest BCUT2D eigenvalue weighted by Gasteiger charge is 2.10. The molecule has 0 spiro atoms. The summed E-state index contributed by atoms with van der Waals surface area (Å²) in [5, 5.41) is 3.22. The first-order valence-corrected chi connectivity index (χ1v) is 7.11. The minimum Gasteiger partial charge on any atom is -0.490 e. The summed E-state index contributed by atoms with van der Waals surface area (Å²) < 4.78 is 24.9. The van der Waals surface area contributed by atoms with E-state index in [1.54, 1.807) is 6.07 Å². The van der Waals surface area contributed by atoms with Gasteiger partial charge in [0.05, 0.1) is 13.2 Å². The Labute approximate surface area is 123 Å². The van der Waals surface area contributed by atoms with Crippen LogP contribution in [0.25, 0.3) is 0 Å². The summed E-state index contributed by atoms with van der Waals surface area (Å²) in [6.07, 6.45) is 0.881. The van der Waals surface area contributed by atoms with E-state index in [4.69, 9.17) is 9.47 Å². The fourth-order valence-electron chi connectivity index (χ4n) is 2.31. The first-order chi connectivity index (χ1) is 10.2. The van der Waals surface area contributed by atoms with Gasteiger partial charge >= 0.3 is 0 Å². The van der Waals surface area contributed by atoms with Gasteiger partial charge in [0.15, 0.2) is 11.5 Å². The lowest BCUT2D eigenvalue weighted by atomic mass is 10.1. The summed E-state index contributed by atoms with van der Waals surface area (Å²) in [7, 11) is 0. The van der Waals surface area contributed by atoms with Crippen molar-refractivity contribution in [1.29, 1.82) is 0 Å². The standard InChI is InChI=1S/C17H18FNO2/c1-12-3-5-15(18)13(9-12)11-19-14-4-6-16-17(10-14)21-8-2-7-20-16/h3-6,9-10,19H,2,7-8,11H2,1H3. The van der Waals surface area contributed by atoms with Crippen LogP contribution < -0.4 is 14.8 Å². The zero-order valence-corrected chi connectivity index (χ0v) is 12.0. The summed E-state index contributed by atoms with van der Waals surface area (Å²) in [5.41, 5.74) is 2.59. The van der Waals surface area contributed by atoms with Crippen molar-refractivity contribution in [2.45, 2.75) is 19.9 Å². The number of aryl methyl sites for hydroxylation is 1. The van der Waals surface area contributed by atoms with Crippen LogP contribution in [0.15, 0.2) is 36.4 Å². The molecule has 2 aromatic rings. The van der Waals surface area contributed by atoms with Gasteiger partial charge in [-0.25, -0.2) is 4.39 Å². The van der Waals surface area contributed by atoms with Gasteiger partial charge < -0.3 is 14.8 Å². The number of nitrogens with one attached hydrogen (secondary N) is 1. The molecular formula is C17H18FNO2. The van der Waals surface area contributed by atoms with E-state index in [2.05, 4.69) is 5.32 Å². The third-order valence-corrected chi connectivity index (χ3v) is 3.43. The molecule has 3 nitrogen and oxygen atoms in total. The maximum atomic E-state index is 13.7. The fourth-order valence-corrected chi connectivity index (χ4v) is 2.31. The summed E-state index contributed by atoms with van der Waals surface area (Å²) in [4.78, 5) is 0. The van der Waals surface area contributed by atoms with Crippen LogP contribution in [0.2, 0.25) is 0 Å². The van der Waals surface area contributed by atoms with E-state index in [9.17, 15) is 4.39 Å². The maximum absolute atomic E-state index is 13.7. The van der Waals surface area contributed by atoms with E-state index < -0.39 is 0 Å². The van der Waals surface area contributed by atoms with Crippen LogP contribution in [-0.4, -0.2) is 13.2 Å². The van der Waals surface area contributed by atoms with Gasteiger partial charge in [-0.3, -0.25) is 0 Å². The molecule has 0 saturated heterocycles. The monoisotopic (exact) mass is 287 g/mol. The molecule has 0 saturated carbocycles.